The van der Waals surface area contributed by atoms with Crippen molar-refractivity contribution in [1.82, 2.24) is 0 Å². The summed E-state index contributed by atoms with van der Waals surface area (Å²) in [4.78, 5) is 13.7. The van der Waals surface area contributed by atoms with E-state index in [1.807, 2.05) is 26.0 Å². The molecule has 0 saturated heterocycles. The summed E-state index contributed by atoms with van der Waals surface area (Å²) >= 11 is 0. The Hall–Kier alpha value is -3.45. The molecule has 2 aliphatic heterocycles. The first kappa shape index (κ1) is 19.5. The summed E-state index contributed by atoms with van der Waals surface area (Å²) in [6.07, 6.45) is 2.97. The van der Waals surface area contributed by atoms with Crippen LogP contribution in [0.2, 0.25) is 0 Å². The van der Waals surface area contributed by atoms with Crippen molar-refractivity contribution in [2.24, 2.45) is 0 Å². The van der Waals surface area contributed by atoms with Crippen LogP contribution < -0.4 is 24.4 Å². The van der Waals surface area contributed by atoms with Crippen LogP contribution in [-0.4, -0.2) is 26.9 Å². The molecule has 1 atom stereocenters. The van der Waals surface area contributed by atoms with E-state index < -0.39 is 11.9 Å². The van der Waals surface area contributed by atoms with Crippen LogP contribution in [0, 0.1) is 0 Å². The average Bonchev–Trinajstić information content (AvgIpc) is 2.76. The Bertz CT molecular complexity index is 1300. The fraction of sp³-hybridized carbons (Fsp3) is 0.292. The molecule has 160 valence electrons. The zero-order chi connectivity index (χ0) is 21.9. The molecular formula is C24H22O7. The fourth-order valence-electron chi connectivity index (χ4n) is 4.02. The van der Waals surface area contributed by atoms with Crippen molar-refractivity contribution in [2.75, 3.05) is 21.3 Å². The van der Waals surface area contributed by atoms with Crippen molar-refractivity contribution in [3.05, 3.63) is 51.9 Å². The van der Waals surface area contributed by atoms with Crippen LogP contribution in [0.5, 0.6) is 23.0 Å². The number of fused-ring (bicyclic) bond motifs is 6. The summed E-state index contributed by atoms with van der Waals surface area (Å²) in [5.41, 5.74) is 1.45. The molecule has 0 spiro atoms. The highest BCUT2D eigenvalue weighted by Crippen LogP contribution is 2.47. The smallest absolute Gasteiger partial charge is 0.259 e. The van der Waals surface area contributed by atoms with E-state index in [0.717, 1.165) is 0 Å². The second-order valence-electron chi connectivity index (χ2n) is 7.95. The minimum atomic E-state index is -0.890. The van der Waals surface area contributed by atoms with E-state index in [0.29, 0.717) is 56.4 Å². The number of ether oxygens (including phenoxy) is 5. The third kappa shape index (κ3) is 2.88. The van der Waals surface area contributed by atoms with Gasteiger partial charge >= 0.3 is 0 Å². The Labute approximate surface area is 178 Å². The molecule has 7 nitrogen and oxygen atoms in total. The Kier molecular flexibility index (Phi) is 4.27. The molecule has 0 unspecified atom stereocenters. The van der Waals surface area contributed by atoms with Gasteiger partial charge in [0.15, 0.2) is 17.3 Å². The highest BCUT2D eigenvalue weighted by Gasteiger charge is 2.34. The van der Waals surface area contributed by atoms with Gasteiger partial charge < -0.3 is 28.1 Å². The number of rotatable bonds is 3. The Balaban J connectivity index is 1.82. The van der Waals surface area contributed by atoms with Gasteiger partial charge in [-0.15, -0.1) is 0 Å². The molecule has 5 rings (SSSR count). The molecule has 0 aliphatic carbocycles. The molecule has 0 radical (unpaired) electrons. The molecule has 0 amide bonds. The number of benzene rings is 2. The third-order valence-electron chi connectivity index (χ3n) is 5.53. The van der Waals surface area contributed by atoms with Gasteiger partial charge in [-0.3, -0.25) is 4.79 Å². The first-order chi connectivity index (χ1) is 14.9. The van der Waals surface area contributed by atoms with Crippen molar-refractivity contribution < 1.29 is 28.1 Å². The van der Waals surface area contributed by atoms with Crippen molar-refractivity contribution in [3.8, 4) is 34.1 Å². The van der Waals surface area contributed by atoms with E-state index in [1.165, 1.54) is 21.3 Å². The molecule has 3 heterocycles. The molecule has 0 fully saturated rings. The predicted molar refractivity (Wildman–Crippen MR) is 115 cm³/mol. The molecule has 1 aromatic heterocycles. The summed E-state index contributed by atoms with van der Waals surface area (Å²) in [5, 5.41) is 0.447. The van der Waals surface area contributed by atoms with Crippen LogP contribution >= 0.6 is 0 Å². The number of hydrogen-bond donors (Lipinski definition) is 0. The van der Waals surface area contributed by atoms with E-state index in [9.17, 15) is 4.79 Å². The molecule has 3 aromatic rings. The quantitative estimate of drug-likeness (QED) is 0.606. The lowest BCUT2D eigenvalue weighted by atomic mass is 9.96. The highest BCUT2D eigenvalue weighted by molar-refractivity contribution is 5.93. The van der Waals surface area contributed by atoms with Gasteiger partial charge in [0.25, 0.3) is 6.29 Å². The van der Waals surface area contributed by atoms with Crippen LogP contribution in [0.25, 0.3) is 28.2 Å². The summed E-state index contributed by atoms with van der Waals surface area (Å²) < 4.78 is 34.6. The van der Waals surface area contributed by atoms with Crippen LogP contribution in [0.15, 0.2) is 39.6 Å². The molecule has 2 aliphatic rings. The fourth-order valence-corrected chi connectivity index (χ4v) is 4.02. The summed E-state index contributed by atoms with van der Waals surface area (Å²) in [6.45, 7) is 3.93. The largest absolute Gasteiger partial charge is 0.493 e. The highest BCUT2D eigenvalue weighted by atomic mass is 16.7. The van der Waals surface area contributed by atoms with Crippen LogP contribution in [0.1, 0.15) is 31.5 Å². The van der Waals surface area contributed by atoms with E-state index in [4.69, 9.17) is 28.1 Å². The zero-order valence-electron chi connectivity index (χ0n) is 17.9. The summed E-state index contributed by atoms with van der Waals surface area (Å²) in [5.74, 6) is 2.37. The van der Waals surface area contributed by atoms with Gasteiger partial charge in [-0.25, -0.2) is 0 Å². The molecule has 2 aromatic carbocycles. The molecule has 0 bridgehead atoms. The van der Waals surface area contributed by atoms with Crippen molar-refractivity contribution in [3.63, 3.8) is 0 Å². The molecule has 0 saturated carbocycles. The first-order valence-electron chi connectivity index (χ1n) is 9.84. The maximum Gasteiger partial charge on any atom is 0.259 e. The Morgan fingerprint density at radius 1 is 1.00 bits per heavy atom. The summed E-state index contributed by atoms with van der Waals surface area (Å²) in [7, 11) is 4.57. The maximum atomic E-state index is 13.7. The predicted octanol–water partition coefficient (Wildman–Crippen LogP) is 4.70. The van der Waals surface area contributed by atoms with Crippen LogP contribution in [0.3, 0.4) is 0 Å². The van der Waals surface area contributed by atoms with E-state index in [2.05, 4.69) is 0 Å². The topological polar surface area (TPSA) is 76.4 Å². The first-order valence-corrected chi connectivity index (χ1v) is 9.84. The lowest BCUT2D eigenvalue weighted by molar-refractivity contribution is -0.0717. The molecular weight excluding hydrogens is 400 g/mol. The third-order valence-corrected chi connectivity index (χ3v) is 5.53. The van der Waals surface area contributed by atoms with Gasteiger partial charge in [-0.1, -0.05) is 0 Å². The lowest BCUT2D eigenvalue weighted by Gasteiger charge is -2.29. The van der Waals surface area contributed by atoms with E-state index in [1.54, 1.807) is 24.3 Å². The number of hydrogen-bond acceptors (Lipinski definition) is 7. The lowest BCUT2D eigenvalue weighted by Crippen LogP contribution is -2.27. The standard InChI is InChI=1S/C24H22O7/c1-24(2)9-8-12-15(31-24)7-6-13-20(25)19-14-10-17(26-3)18(27-4)11-16(14)29-23(28-5)22(19)30-21(12)13/h6-11,23H,1-5H3/t23-/m0/s1. The second-order valence-corrected chi connectivity index (χ2v) is 7.95. The van der Waals surface area contributed by atoms with Crippen LogP contribution in [-0.2, 0) is 4.74 Å². The normalized spacial score (nSPS) is 17.8. The van der Waals surface area contributed by atoms with E-state index >= 15 is 0 Å². The molecule has 7 heteroatoms. The zero-order valence-corrected chi connectivity index (χ0v) is 17.9. The van der Waals surface area contributed by atoms with Gasteiger partial charge in [0.2, 0.25) is 5.43 Å². The minimum Gasteiger partial charge on any atom is -0.493 e. The average molecular weight is 422 g/mol. The molecule has 0 N–H and O–H groups in total. The van der Waals surface area contributed by atoms with Crippen molar-refractivity contribution >= 4 is 17.0 Å². The Morgan fingerprint density at radius 2 is 1.74 bits per heavy atom. The second kappa shape index (κ2) is 6.78. The van der Waals surface area contributed by atoms with Gasteiger partial charge in [0.1, 0.15) is 22.7 Å². The van der Waals surface area contributed by atoms with E-state index in [-0.39, 0.29) is 5.43 Å². The van der Waals surface area contributed by atoms with Crippen molar-refractivity contribution in [2.45, 2.75) is 25.7 Å². The van der Waals surface area contributed by atoms with Gasteiger partial charge in [0, 0.05) is 18.7 Å². The monoisotopic (exact) mass is 422 g/mol. The van der Waals surface area contributed by atoms with Crippen molar-refractivity contribution in [1.29, 1.82) is 0 Å². The maximum absolute atomic E-state index is 13.7. The van der Waals surface area contributed by atoms with Crippen LogP contribution in [0.4, 0.5) is 0 Å². The van der Waals surface area contributed by atoms with Gasteiger partial charge in [-0.05, 0) is 44.2 Å². The Morgan fingerprint density at radius 3 is 2.45 bits per heavy atom. The number of methoxy groups -OCH3 is 3. The summed E-state index contributed by atoms with van der Waals surface area (Å²) in [6, 6.07) is 6.92. The molecule has 31 heavy (non-hydrogen) atoms. The van der Waals surface area contributed by atoms with Gasteiger partial charge in [0.05, 0.1) is 30.7 Å². The minimum absolute atomic E-state index is 0.184. The SMILES string of the molecule is COc1cc2c(cc1OC)-c1c(oc3c4c(ccc3c1=O)OC(C)(C)C=C4)[C@@H](OC)O2. The van der Waals surface area contributed by atoms with Gasteiger partial charge in [-0.2, -0.15) is 0 Å².